The first kappa shape index (κ1) is 11.1. The normalized spacial score (nSPS) is 13.3. The van der Waals surface area contributed by atoms with Gasteiger partial charge in [0.15, 0.2) is 0 Å². The van der Waals surface area contributed by atoms with Gasteiger partial charge in [0, 0.05) is 23.9 Å². The molecule has 14 heavy (non-hydrogen) atoms. The van der Waals surface area contributed by atoms with Crippen LogP contribution in [0.3, 0.4) is 0 Å². The predicted octanol–water partition coefficient (Wildman–Crippen LogP) is 2.04. The Labute approximate surface area is 85.2 Å². The zero-order valence-corrected chi connectivity index (χ0v) is 9.28. The maximum Gasteiger partial charge on any atom is 0.128 e. The molecular weight excluding hydrogens is 176 g/mol. The molecule has 0 spiro atoms. The van der Waals surface area contributed by atoms with E-state index in [2.05, 4.69) is 23.8 Å². The molecule has 0 aliphatic rings. The van der Waals surface area contributed by atoms with E-state index >= 15 is 0 Å². The van der Waals surface area contributed by atoms with Gasteiger partial charge < -0.3 is 5.11 Å². The van der Waals surface area contributed by atoms with Crippen LogP contribution in [-0.4, -0.2) is 15.1 Å². The summed E-state index contributed by atoms with van der Waals surface area (Å²) in [7, 11) is 0. The Bertz CT molecular complexity index is 308. The fourth-order valence-electron chi connectivity index (χ4n) is 1.40. The van der Waals surface area contributed by atoms with E-state index in [9.17, 15) is 5.11 Å². The van der Waals surface area contributed by atoms with Crippen molar-refractivity contribution in [3.8, 4) is 0 Å². The molecule has 1 atom stereocenters. The van der Waals surface area contributed by atoms with E-state index in [4.69, 9.17) is 0 Å². The minimum Gasteiger partial charge on any atom is -0.389 e. The molecule has 1 heterocycles. The predicted molar refractivity (Wildman–Crippen MR) is 55.9 cm³/mol. The van der Waals surface area contributed by atoms with Crippen molar-refractivity contribution in [2.75, 3.05) is 0 Å². The first-order valence-corrected chi connectivity index (χ1v) is 5.01. The van der Waals surface area contributed by atoms with Crippen LogP contribution in [0, 0.1) is 12.8 Å². The summed E-state index contributed by atoms with van der Waals surface area (Å²) in [4.78, 5) is 8.59. The molecule has 3 nitrogen and oxygen atoms in total. The van der Waals surface area contributed by atoms with E-state index in [-0.39, 0.29) is 0 Å². The summed E-state index contributed by atoms with van der Waals surface area (Å²) < 4.78 is 0. The van der Waals surface area contributed by atoms with Crippen LogP contribution < -0.4 is 0 Å². The standard InChI is InChI=1S/C11H18N2O/c1-7(2)5-11-12-6-10(9(4)14)8(3)13-11/h6-7,9,14H,5H2,1-4H3. The molecule has 0 saturated carbocycles. The van der Waals surface area contributed by atoms with Crippen LogP contribution >= 0.6 is 0 Å². The van der Waals surface area contributed by atoms with Crippen molar-refractivity contribution >= 4 is 0 Å². The van der Waals surface area contributed by atoms with Crippen molar-refractivity contribution in [2.45, 2.75) is 40.2 Å². The van der Waals surface area contributed by atoms with Crippen LogP contribution in [0.1, 0.15) is 44.0 Å². The van der Waals surface area contributed by atoms with Gasteiger partial charge in [-0.05, 0) is 19.8 Å². The molecule has 3 heteroatoms. The summed E-state index contributed by atoms with van der Waals surface area (Å²) >= 11 is 0. The molecule has 0 aliphatic carbocycles. The van der Waals surface area contributed by atoms with Gasteiger partial charge in [-0.15, -0.1) is 0 Å². The van der Waals surface area contributed by atoms with E-state index in [1.165, 1.54) is 0 Å². The third-order valence-electron chi connectivity index (χ3n) is 2.11. The molecule has 0 aromatic carbocycles. The van der Waals surface area contributed by atoms with Crippen LogP contribution in [0.2, 0.25) is 0 Å². The Morgan fingerprint density at radius 3 is 2.43 bits per heavy atom. The molecule has 0 bridgehead atoms. The zero-order chi connectivity index (χ0) is 10.7. The molecule has 78 valence electrons. The lowest BCUT2D eigenvalue weighted by Crippen LogP contribution is -2.06. The molecule has 1 aromatic rings. The second kappa shape index (κ2) is 4.51. The molecule has 1 N–H and O–H groups in total. The highest BCUT2D eigenvalue weighted by Crippen LogP contribution is 2.14. The summed E-state index contributed by atoms with van der Waals surface area (Å²) in [6.45, 7) is 7.92. The summed E-state index contributed by atoms with van der Waals surface area (Å²) in [5, 5.41) is 9.40. The van der Waals surface area contributed by atoms with E-state index in [1.54, 1.807) is 13.1 Å². The Kier molecular flexibility index (Phi) is 3.58. The van der Waals surface area contributed by atoms with Crippen molar-refractivity contribution in [1.29, 1.82) is 0 Å². The summed E-state index contributed by atoms with van der Waals surface area (Å²) in [6, 6.07) is 0. The number of hydrogen-bond acceptors (Lipinski definition) is 3. The summed E-state index contributed by atoms with van der Waals surface area (Å²) in [6.07, 6.45) is 2.13. The lowest BCUT2D eigenvalue weighted by atomic mass is 10.1. The van der Waals surface area contributed by atoms with Crippen molar-refractivity contribution in [3.05, 3.63) is 23.3 Å². The van der Waals surface area contributed by atoms with Crippen molar-refractivity contribution in [2.24, 2.45) is 5.92 Å². The van der Waals surface area contributed by atoms with Crippen molar-refractivity contribution < 1.29 is 5.11 Å². The van der Waals surface area contributed by atoms with Gasteiger partial charge in [0.1, 0.15) is 5.82 Å². The number of nitrogens with zero attached hydrogens (tertiary/aromatic N) is 2. The van der Waals surface area contributed by atoms with Gasteiger partial charge in [0.25, 0.3) is 0 Å². The average Bonchev–Trinajstić information content (AvgIpc) is 2.01. The van der Waals surface area contributed by atoms with Crippen molar-refractivity contribution in [3.63, 3.8) is 0 Å². The second-order valence-electron chi connectivity index (χ2n) is 4.10. The highest BCUT2D eigenvalue weighted by Gasteiger charge is 2.08. The van der Waals surface area contributed by atoms with Crippen LogP contribution in [0.25, 0.3) is 0 Å². The molecule has 0 aliphatic heterocycles. The Morgan fingerprint density at radius 1 is 1.36 bits per heavy atom. The molecule has 0 fully saturated rings. The van der Waals surface area contributed by atoms with Gasteiger partial charge in [0.05, 0.1) is 6.10 Å². The minimum atomic E-state index is -0.483. The van der Waals surface area contributed by atoms with Gasteiger partial charge in [-0.3, -0.25) is 0 Å². The third kappa shape index (κ3) is 2.77. The maximum absolute atomic E-state index is 9.40. The highest BCUT2D eigenvalue weighted by atomic mass is 16.3. The van der Waals surface area contributed by atoms with Crippen LogP contribution in [0.5, 0.6) is 0 Å². The van der Waals surface area contributed by atoms with Crippen LogP contribution in [0.4, 0.5) is 0 Å². The molecule has 0 amide bonds. The fraction of sp³-hybridized carbons (Fsp3) is 0.636. The molecular formula is C11H18N2O. The summed E-state index contributed by atoms with van der Waals surface area (Å²) in [5.41, 5.74) is 1.70. The van der Waals surface area contributed by atoms with Gasteiger partial charge in [-0.1, -0.05) is 13.8 Å². The number of aliphatic hydroxyl groups excluding tert-OH is 1. The fourth-order valence-corrected chi connectivity index (χ4v) is 1.40. The number of hydrogen-bond donors (Lipinski definition) is 1. The van der Waals surface area contributed by atoms with Gasteiger partial charge in [-0.2, -0.15) is 0 Å². The van der Waals surface area contributed by atoms with Crippen LogP contribution in [-0.2, 0) is 6.42 Å². The monoisotopic (exact) mass is 194 g/mol. The Morgan fingerprint density at radius 2 is 2.00 bits per heavy atom. The Balaban J connectivity index is 2.89. The lowest BCUT2D eigenvalue weighted by molar-refractivity contribution is 0.197. The van der Waals surface area contributed by atoms with Crippen LogP contribution in [0.15, 0.2) is 6.20 Å². The molecule has 1 aromatic heterocycles. The number of rotatable bonds is 3. The number of aromatic nitrogens is 2. The average molecular weight is 194 g/mol. The molecule has 0 saturated heterocycles. The lowest BCUT2D eigenvalue weighted by Gasteiger charge is -2.09. The quantitative estimate of drug-likeness (QED) is 0.801. The Hall–Kier alpha value is -0.960. The molecule has 1 rings (SSSR count). The SMILES string of the molecule is Cc1nc(CC(C)C)ncc1C(C)O. The number of aliphatic hydroxyl groups is 1. The molecule has 0 radical (unpaired) electrons. The smallest absolute Gasteiger partial charge is 0.128 e. The third-order valence-corrected chi connectivity index (χ3v) is 2.11. The minimum absolute atomic E-state index is 0.483. The first-order chi connectivity index (χ1) is 6.50. The van der Waals surface area contributed by atoms with E-state index in [1.807, 2.05) is 6.92 Å². The van der Waals surface area contributed by atoms with Gasteiger partial charge in [-0.25, -0.2) is 9.97 Å². The first-order valence-electron chi connectivity index (χ1n) is 5.01. The van der Waals surface area contributed by atoms with E-state index in [0.29, 0.717) is 5.92 Å². The zero-order valence-electron chi connectivity index (χ0n) is 9.28. The number of aryl methyl sites for hydroxylation is 1. The van der Waals surface area contributed by atoms with Gasteiger partial charge in [0.2, 0.25) is 0 Å². The molecule has 1 unspecified atom stereocenters. The largest absolute Gasteiger partial charge is 0.389 e. The maximum atomic E-state index is 9.40. The topological polar surface area (TPSA) is 46.0 Å². The van der Waals surface area contributed by atoms with E-state index < -0.39 is 6.10 Å². The van der Waals surface area contributed by atoms with Crippen molar-refractivity contribution in [1.82, 2.24) is 9.97 Å². The second-order valence-corrected chi connectivity index (χ2v) is 4.10. The van der Waals surface area contributed by atoms with Gasteiger partial charge >= 0.3 is 0 Å². The summed E-state index contributed by atoms with van der Waals surface area (Å²) in [5.74, 6) is 1.42. The highest BCUT2D eigenvalue weighted by molar-refractivity contribution is 5.18. The van der Waals surface area contributed by atoms with E-state index in [0.717, 1.165) is 23.5 Å².